The molecular formula is C3H7ClS. The molecule has 0 N–H and O–H groups in total. The van der Waals surface area contributed by atoms with E-state index in [1.165, 1.54) is 0 Å². The van der Waals surface area contributed by atoms with E-state index in [0.29, 0.717) is 0 Å². The highest BCUT2D eigenvalue weighted by molar-refractivity contribution is 8.33. The molecule has 1 unspecified atom stereocenters. The van der Waals surface area contributed by atoms with Gasteiger partial charge in [-0.2, -0.15) is 0 Å². The van der Waals surface area contributed by atoms with Crippen molar-refractivity contribution in [2.75, 3.05) is 5.75 Å². The number of rotatable bonds is 1. The Morgan fingerprint density at radius 1 is 2.00 bits per heavy atom. The van der Waals surface area contributed by atoms with E-state index < -0.39 is 0 Å². The molecule has 0 fully saturated rings. The maximum absolute atomic E-state index is 5.38. The third-order valence-corrected chi connectivity index (χ3v) is 1.59. The van der Waals surface area contributed by atoms with Crippen molar-refractivity contribution in [3.63, 3.8) is 0 Å². The molecule has 0 aliphatic rings. The van der Waals surface area contributed by atoms with Crippen LogP contribution in [0.4, 0.5) is 0 Å². The zero-order valence-electron chi connectivity index (χ0n) is 3.20. The van der Waals surface area contributed by atoms with Gasteiger partial charge in [-0.05, 0) is 5.75 Å². The van der Waals surface area contributed by atoms with Crippen molar-refractivity contribution in [3.05, 3.63) is 0 Å². The van der Waals surface area contributed by atoms with Gasteiger partial charge in [-0.3, -0.25) is 0 Å². The normalized spacial score (nSPS) is 14.8. The molecule has 0 aromatic carbocycles. The molecule has 0 heterocycles. The fraction of sp³-hybridized carbons (Fsp3) is 0.667. The van der Waals surface area contributed by atoms with Crippen molar-refractivity contribution >= 4 is 26.3 Å². The molecule has 1 atom stereocenters. The average Bonchev–Trinajstić information content (AvgIpc) is 1.38. The SMILES string of the molecule is C=S(Cl)CC. The first-order valence-corrected chi connectivity index (χ1v) is 3.83. The molecular weight excluding hydrogens is 104 g/mol. The van der Waals surface area contributed by atoms with Gasteiger partial charge < -0.3 is 0 Å². The van der Waals surface area contributed by atoms with Crippen LogP contribution in [0, 0.1) is 0 Å². The first kappa shape index (κ1) is 5.51. The van der Waals surface area contributed by atoms with E-state index in [-0.39, 0.29) is 9.70 Å². The molecule has 2 heteroatoms. The highest BCUT2D eigenvalue weighted by Crippen LogP contribution is 2.11. The molecule has 32 valence electrons. The lowest BCUT2D eigenvalue weighted by atomic mass is 11.0. The molecule has 0 amide bonds. The van der Waals surface area contributed by atoms with Gasteiger partial charge in [-0.1, -0.05) is 23.5 Å². The van der Waals surface area contributed by atoms with E-state index in [2.05, 4.69) is 5.87 Å². The summed E-state index contributed by atoms with van der Waals surface area (Å²) in [5.41, 5.74) is 0. The fourth-order valence-electron chi connectivity index (χ4n) is 0. The topological polar surface area (TPSA) is 0 Å². The summed E-state index contributed by atoms with van der Waals surface area (Å²) in [6.07, 6.45) is 0. The average molecular weight is 111 g/mol. The number of hydrogen-bond donors (Lipinski definition) is 0. The van der Waals surface area contributed by atoms with Crippen molar-refractivity contribution in [1.82, 2.24) is 0 Å². The number of halogens is 1. The zero-order chi connectivity index (χ0) is 4.28. The van der Waals surface area contributed by atoms with E-state index in [1.807, 2.05) is 6.92 Å². The molecule has 0 saturated heterocycles. The fourth-order valence-corrected chi connectivity index (χ4v) is 0. The molecule has 0 bridgehead atoms. The molecule has 0 spiro atoms. The van der Waals surface area contributed by atoms with Crippen molar-refractivity contribution in [3.8, 4) is 0 Å². The molecule has 0 aromatic heterocycles. The maximum Gasteiger partial charge on any atom is -0.00110 e. The van der Waals surface area contributed by atoms with Gasteiger partial charge in [0.15, 0.2) is 0 Å². The largest absolute Gasteiger partial charge is 0.102 e. The second kappa shape index (κ2) is 2.73. The molecule has 0 aromatic rings. The van der Waals surface area contributed by atoms with Crippen molar-refractivity contribution < 1.29 is 0 Å². The lowest BCUT2D eigenvalue weighted by molar-refractivity contribution is 1.54. The van der Waals surface area contributed by atoms with Gasteiger partial charge >= 0.3 is 0 Å². The van der Waals surface area contributed by atoms with Gasteiger partial charge in [0.1, 0.15) is 0 Å². The van der Waals surface area contributed by atoms with E-state index >= 15 is 0 Å². The maximum atomic E-state index is 5.38. The summed E-state index contributed by atoms with van der Waals surface area (Å²) in [6, 6.07) is 0. The molecule has 0 aliphatic carbocycles. The van der Waals surface area contributed by atoms with Gasteiger partial charge in [0, 0.05) is 0 Å². The summed E-state index contributed by atoms with van der Waals surface area (Å²) < 4.78 is 0. The Morgan fingerprint density at radius 3 is 2.20 bits per heavy atom. The summed E-state index contributed by atoms with van der Waals surface area (Å²) in [4.78, 5) is 0. The Balaban J connectivity index is 2.85. The highest BCUT2D eigenvalue weighted by Gasteiger charge is 1.68. The van der Waals surface area contributed by atoms with Crippen molar-refractivity contribution in [2.45, 2.75) is 6.92 Å². The lowest BCUT2D eigenvalue weighted by Crippen LogP contribution is -1.54. The summed E-state index contributed by atoms with van der Waals surface area (Å²) in [6.45, 7) is 2.02. The van der Waals surface area contributed by atoms with Crippen LogP contribution in [0.3, 0.4) is 0 Å². The van der Waals surface area contributed by atoms with Gasteiger partial charge in [0.2, 0.25) is 0 Å². The number of hydrogen-bond acceptors (Lipinski definition) is 0. The van der Waals surface area contributed by atoms with E-state index in [0.717, 1.165) is 5.75 Å². The van der Waals surface area contributed by atoms with Crippen LogP contribution in [0.25, 0.3) is 0 Å². The van der Waals surface area contributed by atoms with Gasteiger partial charge in [0.05, 0.1) is 0 Å². The van der Waals surface area contributed by atoms with E-state index in [9.17, 15) is 0 Å². The molecule has 5 heavy (non-hydrogen) atoms. The van der Waals surface area contributed by atoms with Crippen LogP contribution in [-0.2, 0) is 0 Å². The van der Waals surface area contributed by atoms with Crippen molar-refractivity contribution in [1.29, 1.82) is 0 Å². The third kappa shape index (κ3) is 4.51. The van der Waals surface area contributed by atoms with Crippen LogP contribution >= 0.6 is 20.4 Å². The van der Waals surface area contributed by atoms with Crippen LogP contribution in [0.5, 0.6) is 0 Å². The third-order valence-electron chi connectivity index (χ3n) is 0.313. The minimum atomic E-state index is -0.100. The lowest BCUT2D eigenvalue weighted by Gasteiger charge is -1.79. The molecule has 0 nitrogen and oxygen atoms in total. The van der Waals surface area contributed by atoms with Crippen LogP contribution in [0.15, 0.2) is 0 Å². The summed E-state index contributed by atoms with van der Waals surface area (Å²) in [7, 11) is 5.28. The summed E-state index contributed by atoms with van der Waals surface area (Å²) in [5, 5.41) is 0. The second-order valence-corrected chi connectivity index (χ2v) is 3.44. The Bertz CT molecular complexity index is 42.2. The highest BCUT2D eigenvalue weighted by atomic mass is 35.7. The molecule has 0 radical (unpaired) electrons. The Labute approximate surface area is 39.6 Å². The minimum absolute atomic E-state index is 0.100. The first-order chi connectivity index (χ1) is 2.27. The van der Waals surface area contributed by atoms with E-state index in [1.54, 1.807) is 0 Å². The van der Waals surface area contributed by atoms with Crippen LogP contribution in [0.2, 0.25) is 0 Å². The van der Waals surface area contributed by atoms with Gasteiger partial charge in [-0.15, -0.1) is 9.70 Å². The Kier molecular flexibility index (Phi) is 3.01. The van der Waals surface area contributed by atoms with Crippen molar-refractivity contribution in [2.24, 2.45) is 0 Å². The van der Waals surface area contributed by atoms with Crippen LogP contribution in [-0.4, -0.2) is 11.6 Å². The first-order valence-electron chi connectivity index (χ1n) is 1.44. The predicted octanol–water partition coefficient (Wildman–Crippen LogP) is 1.86. The predicted molar refractivity (Wildman–Crippen MR) is 31.1 cm³/mol. The summed E-state index contributed by atoms with van der Waals surface area (Å²) in [5.74, 6) is 4.54. The molecule has 0 saturated carbocycles. The zero-order valence-corrected chi connectivity index (χ0v) is 4.77. The minimum Gasteiger partial charge on any atom is -0.102 e. The van der Waals surface area contributed by atoms with Gasteiger partial charge in [0.25, 0.3) is 0 Å². The molecule has 0 aliphatic heterocycles. The van der Waals surface area contributed by atoms with Crippen LogP contribution in [0.1, 0.15) is 6.92 Å². The van der Waals surface area contributed by atoms with Crippen LogP contribution < -0.4 is 0 Å². The Morgan fingerprint density at radius 2 is 2.20 bits per heavy atom. The second-order valence-electron chi connectivity index (χ2n) is 0.711. The smallest absolute Gasteiger partial charge is 0.00110 e. The van der Waals surface area contributed by atoms with Gasteiger partial charge in [-0.25, -0.2) is 0 Å². The summed E-state index contributed by atoms with van der Waals surface area (Å²) >= 11 is 0. The standard InChI is InChI=1S/C3H7ClS/c1-3-5(2)4/h2-3H2,1H3. The Hall–Kier alpha value is 0.510. The monoisotopic (exact) mass is 110 g/mol. The molecule has 0 rings (SSSR count). The van der Waals surface area contributed by atoms with E-state index in [4.69, 9.17) is 10.7 Å². The quantitative estimate of drug-likeness (QED) is 0.452.